The van der Waals surface area contributed by atoms with Crippen molar-refractivity contribution in [3.63, 3.8) is 0 Å². The molecular formula is C26H44O2. The molecule has 0 bridgehead atoms. The average Bonchev–Trinajstić information content (AvgIpc) is 2.59. The summed E-state index contributed by atoms with van der Waals surface area (Å²) in [7, 11) is 1.46. The average molecular weight is 389 g/mol. The normalized spacial score (nSPS) is 43.0. The second-order valence-corrected chi connectivity index (χ2v) is 11.7. The number of carbonyl (C=O) groups is 1. The van der Waals surface area contributed by atoms with E-state index < -0.39 is 0 Å². The first kappa shape index (κ1) is 21.9. The van der Waals surface area contributed by atoms with Gasteiger partial charge in [0.2, 0.25) is 0 Å². The number of rotatable bonds is 4. The lowest BCUT2D eigenvalue weighted by atomic mass is 9.38. The van der Waals surface area contributed by atoms with Crippen LogP contribution in [0.5, 0.6) is 0 Å². The predicted octanol–water partition coefficient (Wildman–Crippen LogP) is 7.18. The maximum absolute atomic E-state index is 11.6. The Balaban J connectivity index is 1.82. The number of ether oxygens (including phenoxy) is 1. The molecule has 0 aromatic rings. The molecule has 0 aromatic carbocycles. The van der Waals surface area contributed by atoms with E-state index in [-0.39, 0.29) is 5.97 Å². The van der Waals surface area contributed by atoms with Gasteiger partial charge in [-0.1, -0.05) is 53.0 Å². The highest BCUT2D eigenvalue weighted by atomic mass is 16.5. The Morgan fingerprint density at radius 3 is 2.39 bits per heavy atom. The number of carbonyl (C=O) groups excluding carboxylic acids is 1. The van der Waals surface area contributed by atoms with Gasteiger partial charge >= 0.3 is 5.97 Å². The summed E-state index contributed by atoms with van der Waals surface area (Å²) >= 11 is 0. The summed E-state index contributed by atoms with van der Waals surface area (Å²) in [5.41, 5.74) is 2.65. The first-order chi connectivity index (χ1) is 13.0. The third-order valence-corrected chi connectivity index (χ3v) is 9.70. The number of allylic oxidation sites excluding steroid dienone is 1. The Morgan fingerprint density at radius 1 is 1.00 bits per heavy atom. The van der Waals surface area contributed by atoms with Crippen molar-refractivity contribution in [2.24, 2.45) is 39.9 Å². The first-order valence-electron chi connectivity index (χ1n) is 11.8. The van der Waals surface area contributed by atoms with E-state index in [1.54, 1.807) is 6.08 Å². The highest BCUT2D eigenvalue weighted by molar-refractivity contribution is 5.82. The third-order valence-electron chi connectivity index (χ3n) is 9.70. The predicted molar refractivity (Wildman–Crippen MR) is 117 cm³/mol. The van der Waals surface area contributed by atoms with Crippen molar-refractivity contribution in [1.29, 1.82) is 0 Å². The molecule has 6 atom stereocenters. The zero-order valence-electron chi connectivity index (χ0n) is 19.6. The van der Waals surface area contributed by atoms with Crippen LogP contribution in [-0.2, 0) is 9.53 Å². The van der Waals surface area contributed by atoms with Crippen LogP contribution in [0.4, 0.5) is 0 Å². The minimum absolute atomic E-state index is 0.212. The number of methoxy groups -OCH3 is 1. The molecule has 3 aliphatic carbocycles. The van der Waals surface area contributed by atoms with Gasteiger partial charge in [-0.05, 0) is 91.8 Å². The smallest absolute Gasteiger partial charge is 0.330 e. The maximum Gasteiger partial charge on any atom is 0.330 e. The SMILES string of the molecule is COC(=O)/C=C(\C)CC[C@H]1C(C)CC[C@H]2[C@@]1(C)CCC1C(C)(C)CCC[C@@]12C. The minimum atomic E-state index is -0.212. The number of hydrogen-bond donors (Lipinski definition) is 0. The molecule has 0 amide bonds. The van der Waals surface area contributed by atoms with Crippen LogP contribution in [0.15, 0.2) is 11.6 Å². The molecule has 0 spiro atoms. The Kier molecular flexibility index (Phi) is 6.10. The second kappa shape index (κ2) is 7.80. The maximum atomic E-state index is 11.6. The van der Waals surface area contributed by atoms with Crippen LogP contribution in [0.25, 0.3) is 0 Å². The standard InChI is InChI=1S/C26H44O2/c1-18(17-23(27)28-7)9-11-20-19(2)10-12-22-25(20,5)16-13-21-24(3,4)14-8-15-26(21,22)6/h17,19-22H,8-16H2,1-7H3/b18-17+/t19?,20-,21?,22-,25-,26-/m0/s1. The van der Waals surface area contributed by atoms with E-state index in [9.17, 15) is 4.79 Å². The Hall–Kier alpha value is -0.790. The molecule has 0 radical (unpaired) electrons. The lowest BCUT2D eigenvalue weighted by Gasteiger charge is -2.66. The molecule has 0 aliphatic heterocycles. The Bertz CT molecular complexity index is 618. The van der Waals surface area contributed by atoms with E-state index >= 15 is 0 Å². The fraction of sp³-hybridized carbons (Fsp3) is 0.885. The van der Waals surface area contributed by atoms with Gasteiger partial charge in [-0.15, -0.1) is 0 Å². The van der Waals surface area contributed by atoms with Gasteiger partial charge in [0.05, 0.1) is 7.11 Å². The summed E-state index contributed by atoms with van der Waals surface area (Å²) in [6.07, 6.45) is 13.8. The van der Waals surface area contributed by atoms with Crippen LogP contribution in [0.1, 0.15) is 99.3 Å². The van der Waals surface area contributed by atoms with E-state index in [0.29, 0.717) is 16.2 Å². The van der Waals surface area contributed by atoms with E-state index in [1.165, 1.54) is 64.0 Å². The molecule has 3 saturated carbocycles. The number of hydrogen-bond acceptors (Lipinski definition) is 2. The van der Waals surface area contributed by atoms with Crippen molar-refractivity contribution in [3.05, 3.63) is 11.6 Å². The largest absolute Gasteiger partial charge is 0.466 e. The number of esters is 1. The molecule has 0 aromatic heterocycles. The first-order valence-corrected chi connectivity index (χ1v) is 11.8. The van der Waals surface area contributed by atoms with Crippen LogP contribution < -0.4 is 0 Å². The van der Waals surface area contributed by atoms with Crippen LogP contribution >= 0.6 is 0 Å². The van der Waals surface area contributed by atoms with Crippen LogP contribution in [0, 0.1) is 39.9 Å². The van der Waals surface area contributed by atoms with Crippen molar-refractivity contribution in [1.82, 2.24) is 0 Å². The summed E-state index contributed by atoms with van der Waals surface area (Å²) in [4.78, 5) is 11.6. The molecule has 160 valence electrons. The molecule has 3 rings (SSSR count). The van der Waals surface area contributed by atoms with Crippen molar-refractivity contribution in [2.45, 2.75) is 99.3 Å². The summed E-state index contributed by atoms with van der Waals surface area (Å²) in [5.74, 6) is 3.11. The van der Waals surface area contributed by atoms with Crippen molar-refractivity contribution >= 4 is 5.97 Å². The van der Waals surface area contributed by atoms with E-state index in [1.807, 2.05) is 0 Å². The van der Waals surface area contributed by atoms with Gasteiger partial charge in [0.1, 0.15) is 0 Å². The number of fused-ring (bicyclic) bond motifs is 3. The zero-order chi connectivity index (χ0) is 20.7. The molecule has 0 heterocycles. The summed E-state index contributed by atoms with van der Waals surface area (Å²) in [6.45, 7) is 15.0. The van der Waals surface area contributed by atoms with Gasteiger partial charge in [0.25, 0.3) is 0 Å². The van der Waals surface area contributed by atoms with Gasteiger partial charge < -0.3 is 4.74 Å². The van der Waals surface area contributed by atoms with Crippen LogP contribution in [-0.4, -0.2) is 13.1 Å². The molecular weight excluding hydrogens is 344 g/mol. The van der Waals surface area contributed by atoms with E-state index in [4.69, 9.17) is 4.74 Å². The quantitative estimate of drug-likeness (QED) is 0.376. The molecule has 2 heteroatoms. The molecule has 0 N–H and O–H groups in total. The summed E-state index contributed by atoms with van der Waals surface area (Å²) in [6, 6.07) is 0. The van der Waals surface area contributed by atoms with Gasteiger partial charge in [-0.2, -0.15) is 0 Å². The minimum Gasteiger partial charge on any atom is -0.466 e. The lowest BCUT2D eigenvalue weighted by Crippen LogP contribution is -2.59. The molecule has 3 fully saturated rings. The van der Waals surface area contributed by atoms with Crippen LogP contribution in [0.3, 0.4) is 0 Å². The van der Waals surface area contributed by atoms with E-state index in [0.717, 1.165) is 30.1 Å². The molecule has 2 nitrogen and oxygen atoms in total. The Labute approximate surface area is 173 Å². The topological polar surface area (TPSA) is 26.3 Å². The zero-order valence-corrected chi connectivity index (χ0v) is 19.6. The van der Waals surface area contributed by atoms with Gasteiger partial charge in [-0.3, -0.25) is 0 Å². The molecule has 0 saturated heterocycles. The monoisotopic (exact) mass is 388 g/mol. The molecule has 3 aliphatic rings. The highest BCUT2D eigenvalue weighted by Crippen LogP contribution is 2.69. The van der Waals surface area contributed by atoms with Crippen LogP contribution in [0.2, 0.25) is 0 Å². The van der Waals surface area contributed by atoms with Crippen molar-refractivity contribution in [3.8, 4) is 0 Å². The molecule has 2 unspecified atom stereocenters. The highest BCUT2D eigenvalue weighted by Gasteiger charge is 2.61. The molecule has 28 heavy (non-hydrogen) atoms. The summed E-state index contributed by atoms with van der Waals surface area (Å²) in [5, 5.41) is 0. The van der Waals surface area contributed by atoms with Gasteiger partial charge in [0.15, 0.2) is 0 Å². The van der Waals surface area contributed by atoms with Gasteiger partial charge in [0, 0.05) is 6.08 Å². The third kappa shape index (κ3) is 3.70. The second-order valence-electron chi connectivity index (χ2n) is 11.7. The van der Waals surface area contributed by atoms with E-state index in [2.05, 4.69) is 41.5 Å². The fourth-order valence-electron chi connectivity index (χ4n) is 8.40. The fourth-order valence-corrected chi connectivity index (χ4v) is 8.40. The van der Waals surface area contributed by atoms with Gasteiger partial charge in [-0.25, -0.2) is 4.79 Å². The Morgan fingerprint density at radius 2 is 1.71 bits per heavy atom. The van der Waals surface area contributed by atoms with Crippen molar-refractivity contribution < 1.29 is 9.53 Å². The lowest BCUT2D eigenvalue weighted by molar-refractivity contribution is -0.174. The van der Waals surface area contributed by atoms with Crippen molar-refractivity contribution in [2.75, 3.05) is 7.11 Å². The summed E-state index contributed by atoms with van der Waals surface area (Å²) < 4.78 is 4.82.